The molecule has 1 rings (SSSR count). The zero-order valence-electron chi connectivity index (χ0n) is 8.57. The molecule has 14 heavy (non-hydrogen) atoms. The fourth-order valence-electron chi connectivity index (χ4n) is 1.02. The van der Waals surface area contributed by atoms with Crippen LogP contribution in [0.2, 0.25) is 0 Å². The van der Waals surface area contributed by atoms with Crippen LogP contribution in [0.1, 0.15) is 20.8 Å². The van der Waals surface area contributed by atoms with E-state index in [1.54, 1.807) is 20.8 Å². The number of carbonyl (C=O) groups is 2. The number of carbonyl (C=O) groups excluding carboxylic acids is 2. The summed E-state index contributed by atoms with van der Waals surface area (Å²) in [6.07, 6.45) is -0.369. The Bertz CT molecular complexity index is 233. The molecule has 0 aromatic heterocycles. The first kappa shape index (κ1) is 11.0. The zero-order valence-corrected chi connectivity index (χ0v) is 8.57. The summed E-state index contributed by atoms with van der Waals surface area (Å²) < 4.78 is 9.90. The molecule has 1 N–H and O–H groups in total. The Labute approximate surface area is 82.8 Å². The summed E-state index contributed by atoms with van der Waals surface area (Å²) in [5, 5.41) is 2.56. The van der Waals surface area contributed by atoms with E-state index in [1.807, 2.05) is 0 Å². The maximum Gasteiger partial charge on any atom is 0.408 e. The van der Waals surface area contributed by atoms with Gasteiger partial charge in [-0.1, -0.05) is 0 Å². The number of rotatable bonds is 2. The lowest BCUT2D eigenvalue weighted by molar-refractivity contribution is -0.136. The summed E-state index contributed by atoms with van der Waals surface area (Å²) in [5.41, 5.74) is -0.522. The minimum absolute atomic E-state index is 0.248. The second kappa shape index (κ2) is 3.96. The molecule has 5 heteroatoms. The predicted octanol–water partition coefficient (Wildman–Crippen LogP) is 0.477. The summed E-state index contributed by atoms with van der Waals surface area (Å²) in [4.78, 5) is 21.6. The highest BCUT2D eigenvalue weighted by Gasteiger charge is 2.34. The zero-order chi connectivity index (χ0) is 10.8. The number of aldehydes is 1. The molecule has 0 unspecified atom stereocenters. The van der Waals surface area contributed by atoms with E-state index in [0.29, 0.717) is 12.9 Å². The van der Waals surface area contributed by atoms with Crippen molar-refractivity contribution in [1.29, 1.82) is 0 Å². The molecular weight excluding hydrogens is 186 g/mol. The van der Waals surface area contributed by atoms with Crippen molar-refractivity contribution < 1.29 is 19.1 Å². The third-order valence-electron chi connectivity index (χ3n) is 1.70. The van der Waals surface area contributed by atoms with Crippen LogP contribution >= 0.6 is 0 Å². The molecule has 1 aliphatic heterocycles. The van der Waals surface area contributed by atoms with Crippen molar-refractivity contribution in [2.75, 3.05) is 6.61 Å². The highest BCUT2D eigenvalue weighted by Crippen LogP contribution is 2.12. The Morgan fingerprint density at radius 2 is 2.21 bits per heavy atom. The Morgan fingerprint density at radius 1 is 1.57 bits per heavy atom. The maximum absolute atomic E-state index is 11.2. The van der Waals surface area contributed by atoms with Gasteiger partial charge in [0.15, 0.2) is 6.29 Å². The van der Waals surface area contributed by atoms with Gasteiger partial charge in [0.2, 0.25) is 0 Å². The van der Waals surface area contributed by atoms with Crippen LogP contribution in [0, 0.1) is 0 Å². The van der Waals surface area contributed by atoms with E-state index in [9.17, 15) is 9.59 Å². The lowest BCUT2D eigenvalue weighted by Gasteiger charge is -2.33. The number of amides is 1. The molecule has 0 bridgehead atoms. The molecule has 1 fully saturated rings. The molecular formula is C9H15NO4. The van der Waals surface area contributed by atoms with Gasteiger partial charge in [0.25, 0.3) is 0 Å². The van der Waals surface area contributed by atoms with E-state index in [1.165, 1.54) is 0 Å². The van der Waals surface area contributed by atoms with Crippen LogP contribution in [0.25, 0.3) is 0 Å². The van der Waals surface area contributed by atoms with Gasteiger partial charge in [-0.15, -0.1) is 0 Å². The van der Waals surface area contributed by atoms with Crippen LogP contribution in [0.3, 0.4) is 0 Å². The minimum atomic E-state index is -0.525. The van der Waals surface area contributed by atoms with Gasteiger partial charge in [0.1, 0.15) is 11.7 Å². The smallest absolute Gasteiger partial charge is 0.408 e. The van der Waals surface area contributed by atoms with E-state index in [-0.39, 0.29) is 6.04 Å². The molecule has 0 spiro atoms. The van der Waals surface area contributed by atoms with Crippen molar-refractivity contribution in [3.63, 3.8) is 0 Å². The summed E-state index contributed by atoms with van der Waals surface area (Å²) in [6.45, 7) is 5.70. The standard InChI is InChI=1S/C9H15NO4/c1-9(2,3)14-8(12)10-6-5-13-7(6)4-11/h4,6-7H,5H2,1-3H3,(H,10,12)/t6-,7-/m0/s1. The average molecular weight is 201 g/mol. The molecule has 1 amide bonds. The van der Waals surface area contributed by atoms with Crippen molar-refractivity contribution in [3.05, 3.63) is 0 Å². The monoisotopic (exact) mass is 201 g/mol. The normalized spacial score (nSPS) is 26.2. The van der Waals surface area contributed by atoms with Crippen LogP contribution in [0.4, 0.5) is 4.79 Å². The molecule has 1 aliphatic rings. The van der Waals surface area contributed by atoms with Gasteiger partial charge in [-0.3, -0.25) is 0 Å². The first-order chi connectivity index (χ1) is 6.42. The van der Waals surface area contributed by atoms with E-state index in [2.05, 4.69) is 5.32 Å². The van der Waals surface area contributed by atoms with Crippen LogP contribution in [0.15, 0.2) is 0 Å². The van der Waals surface area contributed by atoms with Gasteiger partial charge in [0.05, 0.1) is 12.6 Å². The van der Waals surface area contributed by atoms with Crippen LogP contribution in [-0.2, 0) is 14.3 Å². The number of alkyl carbamates (subject to hydrolysis) is 1. The van der Waals surface area contributed by atoms with Crippen molar-refractivity contribution >= 4 is 12.4 Å². The van der Waals surface area contributed by atoms with E-state index < -0.39 is 17.8 Å². The lowest BCUT2D eigenvalue weighted by atomic mass is 10.1. The molecule has 0 aliphatic carbocycles. The van der Waals surface area contributed by atoms with Gasteiger partial charge in [-0.2, -0.15) is 0 Å². The molecule has 5 nitrogen and oxygen atoms in total. The van der Waals surface area contributed by atoms with Crippen LogP contribution in [0.5, 0.6) is 0 Å². The van der Waals surface area contributed by atoms with Gasteiger partial charge < -0.3 is 19.6 Å². The fraction of sp³-hybridized carbons (Fsp3) is 0.778. The molecule has 0 saturated carbocycles. The summed E-state index contributed by atoms with van der Waals surface area (Å²) in [6, 6.07) is -0.248. The quantitative estimate of drug-likeness (QED) is 0.660. The van der Waals surface area contributed by atoms with Gasteiger partial charge in [-0.05, 0) is 20.8 Å². The Hall–Kier alpha value is -1.10. The van der Waals surface area contributed by atoms with Crippen molar-refractivity contribution in [2.24, 2.45) is 0 Å². The van der Waals surface area contributed by atoms with Gasteiger partial charge in [0, 0.05) is 0 Å². The van der Waals surface area contributed by atoms with Crippen LogP contribution < -0.4 is 5.32 Å². The van der Waals surface area contributed by atoms with Crippen molar-refractivity contribution in [3.8, 4) is 0 Å². The van der Waals surface area contributed by atoms with E-state index in [0.717, 1.165) is 0 Å². The fourth-order valence-corrected chi connectivity index (χ4v) is 1.02. The molecule has 0 aromatic rings. The summed E-state index contributed by atoms with van der Waals surface area (Å²) in [5.74, 6) is 0. The number of nitrogens with one attached hydrogen (secondary N) is 1. The minimum Gasteiger partial charge on any atom is -0.444 e. The Morgan fingerprint density at radius 3 is 2.57 bits per heavy atom. The SMILES string of the molecule is CC(C)(C)OC(=O)N[C@H]1CO[C@H]1C=O. The average Bonchev–Trinajstić information content (AvgIpc) is 1.96. The first-order valence-corrected chi connectivity index (χ1v) is 4.49. The largest absolute Gasteiger partial charge is 0.444 e. The number of hydrogen-bond acceptors (Lipinski definition) is 4. The van der Waals surface area contributed by atoms with Crippen molar-refractivity contribution in [2.45, 2.75) is 38.5 Å². The lowest BCUT2D eigenvalue weighted by Crippen LogP contribution is -2.57. The second-order valence-corrected chi connectivity index (χ2v) is 4.19. The molecule has 0 radical (unpaired) electrons. The Balaban J connectivity index is 2.31. The highest BCUT2D eigenvalue weighted by atomic mass is 16.6. The number of hydrogen-bond donors (Lipinski definition) is 1. The third kappa shape index (κ3) is 2.99. The van der Waals surface area contributed by atoms with E-state index >= 15 is 0 Å². The Kier molecular flexibility index (Phi) is 3.10. The summed E-state index contributed by atoms with van der Waals surface area (Å²) >= 11 is 0. The molecule has 1 saturated heterocycles. The summed E-state index contributed by atoms with van der Waals surface area (Å²) in [7, 11) is 0. The molecule has 2 atom stereocenters. The first-order valence-electron chi connectivity index (χ1n) is 4.49. The molecule has 0 aromatic carbocycles. The third-order valence-corrected chi connectivity index (χ3v) is 1.70. The van der Waals surface area contributed by atoms with Crippen molar-refractivity contribution in [1.82, 2.24) is 5.32 Å². The highest BCUT2D eigenvalue weighted by molar-refractivity contribution is 5.70. The predicted molar refractivity (Wildman–Crippen MR) is 49.0 cm³/mol. The maximum atomic E-state index is 11.2. The van der Waals surface area contributed by atoms with E-state index in [4.69, 9.17) is 9.47 Å². The molecule has 1 heterocycles. The number of ether oxygens (including phenoxy) is 2. The molecule has 80 valence electrons. The van der Waals surface area contributed by atoms with Gasteiger partial charge in [-0.25, -0.2) is 4.79 Å². The van der Waals surface area contributed by atoms with Crippen LogP contribution in [-0.4, -0.2) is 36.7 Å². The van der Waals surface area contributed by atoms with Gasteiger partial charge >= 0.3 is 6.09 Å². The second-order valence-electron chi connectivity index (χ2n) is 4.19. The topological polar surface area (TPSA) is 64.6 Å².